The number of benzene rings is 1. The van der Waals surface area contributed by atoms with Gasteiger partial charge in [-0.05, 0) is 44.0 Å². The Hall–Kier alpha value is -3.43. The number of anilines is 2. The highest BCUT2D eigenvalue weighted by Crippen LogP contribution is 2.27. The largest absolute Gasteiger partial charge is 0.465 e. The molecule has 3 heterocycles. The first-order chi connectivity index (χ1) is 14.8. The number of hydrazone groups is 1. The highest BCUT2D eigenvalue weighted by atomic mass is 16.4. The maximum atomic E-state index is 12.7. The Balaban J connectivity index is 1.33. The van der Waals surface area contributed by atoms with Crippen molar-refractivity contribution < 1.29 is 24.3 Å². The topological polar surface area (TPSA) is 123 Å². The molecule has 10 nitrogen and oxygen atoms in total. The van der Waals surface area contributed by atoms with Gasteiger partial charge in [-0.25, -0.2) is 9.80 Å². The van der Waals surface area contributed by atoms with Crippen molar-refractivity contribution in [2.45, 2.75) is 38.6 Å². The smallest absolute Gasteiger partial charge is 0.407 e. The molecule has 0 radical (unpaired) electrons. The van der Waals surface area contributed by atoms with E-state index in [2.05, 4.69) is 10.4 Å². The molecular formula is C21H25N5O5. The third-order valence-corrected chi connectivity index (χ3v) is 6.00. The van der Waals surface area contributed by atoms with E-state index in [0.29, 0.717) is 50.3 Å². The fourth-order valence-electron chi connectivity index (χ4n) is 4.32. The number of piperidine rings is 1. The van der Waals surface area contributed by atoms with Crippen LogP contribution in [0.15, 0.2) is 29.4 Å². The maximum absolute atomic E-state index is 12.7. The molecule has 3 aliphatic rings. The van der Waals surface area contributed by atoms with E-state index in [1.807, 2.05) is 0 Å². The van der Waals surface area contributed by atoms with Gasteiger partial charge in [0, 0.05) is 43.5 Å². The minimum absolute atomic E-state index is 0.0257. The maximum Gasteiger partial charge on any atom is 0.407 e. The van der Waals surface area contributed by atoms with Gasteiger partial charge in [-0.15, -0.1) is 0 Å². The van der Waals surface area contributed by atoms with Crippen LogP contribution in [0.1, 0.15) is 32.6 Å². The molecule has 1 atom stereocenters. The minimum Gasteiger partial charge on any atom is -0.465 e. The first-order valence-electron chi connectivity index (χ1n) is 10.4. The lowest BCUT2D eigenvalue weighted by molar-refractivity contribution is -0.130. The number of carboxylic acid groups (broad SMARTS) is 1. The fraction of sp³-hybridized carbons (Fsp3) is 0.476. The SMILES string of the molecule is CC1=NN(c2ccc(NC(=O)C3CC(=O)N(C4CCN(C(=O)O)CC4)C3)cc2)C(=O)C1. The number of hydrogen-bond donors (Lipinski definition) is 2. The molecule has 1 unspecified atom stereocenters. The van der Waals surface area contributed by atoms with Gasteiger partial charge in [0.2, 0.25) is 11.8 Å². The number of carbonyl (C=O) groups excluding carboxylic acids is 3. The Kier molecular flexibility index (Phi) is 5.62. The average Bonchev–Trinajstić information content (AvgIpc) is 3.30. The van der Waals surface area contributed by atoms with Crippen LogP contribution in [-0.2, 0) is 14.4 Å². The Morgan fingerprint density at radius 1 is 1.10 bits per heavy atom. The number of nitrogens with one attached hydrogen (secondary N) is 1. The molecule has 2 N–H and O–H groups in total. The quantitative estimate of drug-likeness (QED) is 0.758. The summed E-state index contributed by atoms with van der Waals surface area (Å²) in [6.45, 7) is 2.94. The van der Waals surface area contributed by atoms with Crippen molar-refractivity contribution in [2.24, 2.45) is 11.0 Å². The van der Waals surface area contributed by atoms with Gasteiger partial charge in [-0.2, -0.15) is 5.10 Å². The average molecular weight is 427 g/mol. The van der Waals surface area contributed by atoms with Crippen molar-refractivity contribution in [2.75, 3.05) is 30.0 Å². The molecule has 31 heavy (non-hydrogen) atoms. The van der Waals surface area contributed by atoms with Crippen molar-refractivity contribution >= 4 is 40.9 Å². The van der Waals surface area contributed by atoms with Crippen molar-refractivity contribution in [1.82, 2.24) is 9.80 Å². The fourth-order valence-corrected chi connectivity index (χ4v) is 4.32. The van der Waals surface area contributed by atoms with E-state index in [9.17, 15) is 19.2 Å². The molecule has 3 aliphatic heterocycles. The molecule has 4 rings (SSSR count). The molecule has 1 aromatic carbocycles. The molecule has 0 aliphatic carbocycles. The van der Waals surface area contributed by atoms with Crippen LogP contribution in [-0.4, -0.2) is 70.1 Å². The minimum atomic E-state index is -0.939. The van der Waals surface area contributed by atoms with Crippen LogP contribution in [0, 0.1) is 5.92 Å². The lowest BCUT2D eigenvalue weighted by Gasteiger charge is -2.35. The number of hydrogen-bond acceptors (Lipinski definition) is 5. The Labute approximate surface area is 179 Å². The summed E-state index contributed by atoms with van der Waals surface area (Å²) in [6, 6.07) is 6.83. The zero-order valence-electron chi connectivity index (χ0n) is 17.3. The van der Waals surface area contributed by atoms with Gasteiger partial charge in [0.25, 0.3) is 5.91 Å². The third kappa shape index (κ3) is 4.37. The summed E-state index contributed by atoms with van der Waals surface area (Å²) in [7, 11) is 0. The van der Waals surface area contributed by atoms with E-state index in [-0.39, 0.29) is 30.2 Å². The van der Waals surface area contributed by atoms with E-state index in [0.717, 1.165) is 5.71 Å². The van der Waals surface area contributed by atoms with E-state index in [1.54, 1.807) is 36.1 Å². The first kappa shape index (κ1) is 20.8. The van der Waals surface area contributed by atoms with Gasteiger partial charge in [0.15, 0.2) is 0 Å². The van der Waals surface area contributed by atoms with Gasteiger partial charge in [0.1, 0.15) is 0 Å². The number of likely N-dealkylation sites (tertiary alicyclic amines) is 2. The summed E-state index contributed by atoms with van der Waals surface area (Å²) in [5.41, 5.74) is 1.98. The van der Waals surface area contributed by atoms with Gasteiger partial charge in [0.05, 0.1) is 18.0 Å². The summed E-state index contributed by atoms with van der Waals surface area (Å²) in [6.07, 6.45) is 0.695. The normalized spacial score (nSPS) is 22.2. The van der Waals surface area contributed by atoms with Crippen LogP contribution < -0.4 is 10.3 Å². The van der Waals surface area contributed by atoms with Gasteiger partial charge in [-0.1, -0.05) is 0 Å². The Morgan fingerprint density at radius 3 is 2.35 bits per heavy atom. The van der Waals surface area contributed by atoms with Crippen LogP contribution in [0.25, 0.3) is 0 Å². The van der Waals surface area contributed by atoms with Gasteiger partial charge < -0.3 is 20.2 Å². The molecule has 2 saturated heterocycles. The number of rotatable bonds is 4. The second-order valence-corrected chi connectivity index (χ2v) is 8.20. The van der Waals surface area contributed by atoms with E-state index < -0.39 is 12.0 Å². The van der Waals surface area contributed by atoms with Crippen molar-refractivity contribution in [1.29, 1.82) is 0 Å². The van der Waals surface area contributed by atoms with Crippen LogP contribution in [0.2, 0.25) is 0 Å². The second kappa shape index (κ2) is 8.37. The summed E-state index contributed by atoms with van der Waals surface area (Å²) in [4.78, 5) is 51.3. The van der Waals surface area contributed by atoms with Crippen LogP contribution in [0.5, 0.6) is 0 Å². The molecule has 0 bridgehead atoms. The van der Waals surface area contributed by atoms with Gasteiger partial charge >= 0.3 is 6.09 Å². The standard InChI is InChI=1S/C21H25N5O5/c1-13-10-19(28)26(23-13)17-4-2-15(3-5-17)22-20(29)14-11-18(27)25(12-14)16-6-8-24(9-7-16)21(30)31/h2-5,14,16H,6-12H2,1H3,(H,22,29)(H,30,31). The summed E-state index contributed by atoms with van der Waals surface area (Å²) < 4.78 is 0. The summed E-state index contributed by atoms with van der Waals surface area (Å²) in [5, 5.41) is 17.5. The van der Waals surface area contributed by atoms with Crippen molar-refractivity contribution in [3.8, 4) is 0 Å². The predicted octanol–water partition coefficient (Wildman–Crippen LogP) is 1.73. The molecule has 0 aromatic heterocycles. The monoisotopic (exact) mass is 427 g/mol. The highest BCUT2D eigenvalue weighted by molar-refractivity contribution is 6.12. The van der Waals surface area contributed by atoms with E-state index >= 15 is 0 Å². The highest BCUT2D eigenvalue weighted by Gasteiger charge is 2.39. The molecule has 164 valence electrons. The Bertz CT molecular complexity index is 936. The second-order valence-electron chi connectivity index (χ2n) is 8.20. The predicted molar refractivity (Wildman–Crippen MR) is 113 cm³/mol. The third-order valence-electron chi connectivity index (χ3n) is 6.00. The molecule has 2 fully saturated rings. The number of amides is 4. The van der Waals surface area contributed by atoms with Crippen molar-refractivity contribution in [3.05, 3.63) is 24.3 Å². The van der Waals surface area contributed by atoms with Crippen LogP contribution in [0.4, 0.5) is 16.2 Å². The molecule has 1 aromatic rings. The summed E-state index contributed by atoms with van der Waals surface area (Å²) >= 11 is 0. The molecule has 4 amide bonds. The lowest BCUT2D eigenvalue weighted by atomic mass is 10.0. The van der Waals surface area contributed by atoms with E-state index in [1.165, 1.54) is 9.91 Å². The number of carbonyl (C=O) groups is 4. The zero-order chi connectivity index (χ0) is 22.1. The van der Waals surface area contributed by atoms with Crippen LogP contribution >= 0.6 is 0 Å². The number of nitrogens with zero attached hydrogens (tertiary/aromatic N) is 4. The van der Waals surface area contributed by atoms with Crippen LogP contribution in [0.3, 0.4) is 0 Å². The molecule has 0 saturated carbocycles. The zero-order valence-corrected chi connectivity index (χ0v) is 17.3. The first-order valence-corrected chi connectivity index (χ1v) is 10.4. The molecule has 0 spiro atoms. The lowest BCUT2D eigenvalue weighted by Crippen LogP contribution is -2.47. The molecule has 10 heteroatoms. The van der Waals surface area contributed by atoms with E-state index in [4.69, 9.17) is 5.11 Å². The summed E-state index contributed by atoms with van der Waals surface area (Å²) in [5.74, 6) is -0.826. The van der Waals surface area contributed by atoms with Gasteiger partial charge in [-0.3, -0.25) is 14.4 Å². The molecular weight excluding hydrogens is 402 g/mol. The Morgan fingerprint density at radius 2 is 1.77 bits per heavy atom. The van der Waals surface area contributed by atoms with Crippen molar-refractivity contribution in [3.63, 3.8) is 0 Å².